The lowest BCUT2D eigenvalue weighted by molar-refractivity contribution is 0.0361. The average Bonchev–Trinajstić information content (AvgIpc) is 2.28. The number of carboxylic acid groups (broad SMARTS) is 1. The highest BCUT2D eigenvalue weighted by Gasteiger charge is 2.15. The molecule has 2 aromatic carbocycles. The maximum absolute atomic E-state index is 11.1. The summed E-state index contributed by atoms with van der Waals surface area (Å²) in [6, 6.07) is 10.3. The summed E-state index contributed by atoms with van der Waals surface area (Å²) in [6.45, 7) is -0.793. The van der Waals surface area contributed by atoms with Crippen molar-refractivity contribution in [1.29, 1.82) is 0 Å². The summed E-state index contributed by atoms with van der Waals surface area (Å²) >= 11 is 0. The standard InChI is InChI=1S/C12H9O4/c13-7-16-10-6-5-8-3-1-2-4-9(8)11(10)12(14)15/h1-6H,7H2,(H,14,15). The highest BCUT2D eigenvalue weighted by atomic mass is 16.6. The second-order valence-electron chi connectivity index (χ2n) is 3.23. The van der Waals surface area contributed by atoms with Gasteiger partial charge in [0.25, 0.3) is 0 Å². The molecular formula is C12H9O4. The Kier molecular flexibility index (Phi) is 2.74. The Morgan fingerprint density at radius 1 is 1.19 bits per heavy atom. The van der Waals surface area contributed by atoms with E-state index in [-0.39, 0.29) is 11.3 Å². The van der Waals surface area contributed by atoms with Crippen molar-refractivity contribution in [3.8, 4) is 5.75 Å². The van der Waals surface area contributed by atoms with Gasteiger partial charge in [0, 0.05) is 0 Å². The fourth-order valence-corrected chi connectivity index (χ4v) is 1.66. The Morgan fingerprint density at radius 2 is 1.94 bits per heavy atom. The van der Waals surface area contributed by atoms with Crippen LogP contribution in [0.15, 0.2) is 36.4 Å². The van der Waals surface area contributed by atoms with Crippen LogP contribution in [0, 0.1) is 0 Å². The molecule has 4 nitrogen and oxygen atoms in total. The van der Waals surface area contributed by atoms with Crippen molar-refractivity contribution in [3.05, 3.63) is 42.0 Å². The third kappa shape index (κ3) is 1.70. The summed E-state index contributed by atoms with van der Waals surface area (Å²) in [6.07, 6.45) is 0. The Hall–Kier alpha value is -2.07. The van der Waals surface area contributed by atoms with Gasteiger partial charge in [-0.25, -0.2) is 4.79 Å². The zero-order chi connectivity index (χ0) is 11.5. The van der Waals surface area contributed by atoms with Crippen molar-refractivity contribution >= 4 is 16.7 Å². The van der Waals surface area contributed by atoms with Crippen LogP contribution in [0.25, 0.3) is 10.8 Å². The molecule has 0 unspecified atom stereocenters. The van der Waals surface area contributed by atoms with E-state index in [9.17, 15) is 9.90 Å². The van der Waals surface area contributed by atoms with E-state index in [1.54, 1.807) is 18.2 Å². The number of benzene rings is 2. The van der Waals surface area contributed by atoms with Gasteiger partial charge in [0.1, 0.15) is 11.3 Å². The fourth-order valence-electron chi connectivity index (χ4n) is 1.66. The molecule has 0 aliphatic heterocycles. The van der Waals surface area contributed by atoms with Gasteiger partial charge in [-0.2, -0.15) is 5.11 Å². The van der Waals surface area contributed by atoms with Gasteiger partial charge in [0.15, 0.2) is 0 Å². The van der Waals surface area contributed by atoms with E-state index in [2.05, 4.69) is 0 Å². The molecule has 0 bridgehead atoms. The predicted octanol–water partition coefficient (Wildman–Crippen LogP) is 2.30. The molecule has 1 N–H and O–H groups in total. The largest absolute Gasteiger partial charge is 0.478 e. The van der Waals surface area contributed by atoms with E-state index < -0.39 is 12.8 Å². The molecule has 0 aliphatic rings. The molecule has 2 rings (SSSR count). The molecule has 0 spiro atoms. The molecule has 0 heterocycles. The van der Waals surface area contributed by atoms with Gasteiger partial charge in [0.2, 0.25) is 6.79 Å². The summed E-state index contributed by atoms with van der Waals surface area (Å²) in [5, 5.41) is 20.9. The maximum Gasteiger partial charge on any atom is 0.340 e. The third-order valence-corrected chi connectivity index (χ3v) is 2.32. The minimum Gasteiger partial charge on any atom is -0.478 e. The highest BCUT2D eigenvalue weighted by molar-refractivity contribution is 6.06. The van der Waals surface area contributed by atoms with Crippen LogP contribution in [0.2, 0.25) is 0 Å². The number of carbonyl (C=O) groups is 1. The molecular weight excluding hydrogens is 208 g/mol. The molecule has 0 fully saturated rings. The molecule has 0 amide bonds. The Morgan fingerprint density at radius 3 is 2.62 bits per heavy atom. The van der Waals surface area contributed by atoms with Crippen molar-refractivity contribution in [2.75, 3.05) is 6.79 Å². The minimum absolute atomic E-state index is 0.0361. The lowest BCUT2D eigenvalue weighted by atomic mass is 10.0. The Balaban J connectivity index is 2.73. The van der Waals surface area contributed by atoms with E-state index in [0.29, 0.717) is 5.39 Å². The van der Waals surface area contributed by atoms with E-state index in [4.69, 9.17) is 9.84 Å². The van der Waals surface area contributed by atoms with Gasteiger partial charge < -0.3 is 9.84 Å². The van der Waals surface area contributed by atoms with Crippen LogP contribution in [0.1, 0.15) is 10.4 Å². The summed E-state index contributed by atoms with van der Waals surface area (Å²) in [7, 11) is 0. The quantitative estimate of drug-likeness (QED) is 0.802. The van der Waals surface area contributed by atoms with Crippen LogP contribution in [-0.2, 0) is 5.11 Å². The van der Waals surface area contributed by atoms with Crippen molar-refractivity contribution in [3.63, 3.8) is 0 Å². The monoisotopic (exact) mass is 217 g/mol. The summed E-state index contributed by atoms with van der Waals surface area (Å²) in [4.78, 5) is 11.1. The molecule has 2 aromatic rings. The van der Waals surface area contributed by atoms with Crippen LogP contribution >= 0.6 is 0 Å². The zero-order valence-electron chi connectivity index (χ0n) is 8.34. The van der Waals surface area contributed by atoms with Crippen molar-refractivity contribution in [1.82, 2.24) is 0 Å². The van der Waals surface area contributed by atoms with Crippen molar-refractivity contribution in [2.45, 2.75) is 0 Å². The van der Waals surface area contributed by atoms with Gasteiger partial charge in [-0.3, -0.25) is 0 Å². The summed E-state index contributed by atoms with van der Waals surface area (Å²) in [5.41, 5.74) is 0.0361. The first-order chi connectivity index (χ1) is 7.74. The first kappa shape index (κ1) is 10.4. The molecule has 0 aromatic heterocycles. The number of hydrogen-bond donors (Lipinski definition) is 1. The van der Waals surface area contributed by atoms with Crippen molar-refractivity contribution in [2.24, 2.45) is 0 Å². The molecule has 4 heteroatoms. The normalized spacial score (nSPS) is 10.3. The maximum atomic E-state index is 11.1. The summed E-state index contributed by atoms with van der Waals surface area (Å²) in [5.74, 6) is -0.985. The fraction of sp³-hybridized carbons (Fsp3) is 0.0833. The molecule has 0 atom stereocenters. The Bertz CT molecular complexity index is 534. The zero-order valence-corrected chi connectivity index (χ0v) is 8.34. The SMILES string of the molecule is [O]COc1ccc2ccccc2c1C(=O)O. The molecule has 1 radical (unpaired) electrons. The van der Waals surface area contributed by atoms with E-state index in [1.165, 1.54) is 6.07 Å². The number of aromatic carboxylic acids is 1. The van der Waals surface area contributed by atoms with E-state index >= 15 is 0 Å². The van der Waals surface area contributed by atoms with Gasteiger partial charge in [-0.15, -0.1) is 0 Å². The summed E-state index contributed by atoms with van der Waals surface area (Å²) < 4.78 is 4.77. The van der Waals surface area contributed by atoms with Gasteiger partial charge in [-0.05, 0) is 16.8 Å². The van der Waals surface area contributed by atoms with E-state index in [0.717, 1.165) is 5.39 Å². The number of hydrogen-bond acceptors (Lipinski definition) is 2. The molecule has 0 saturated heterocycles. The van der Waals surface area contributed by atoms with Crippen molar-refractivity contribution < 1.29 is 19.7 Å². The molecule has 0 aliphatic carbocycles. The Labute approximate surface area is 91.7 Å². The van der Waals surface area contributed by atoms with Crippen LogP contribution < -0.4 is 4.74 Å². The van der Waals surface area contributed by atoms with E-state index in [1.807, 2.05) is 12.1 Å². The topological polar surface area (TPSA) is 66.4 Å². The average molecular weight is 217 g/mol. The predicted molar refractivity (Wildman–Crippen MR) is 57.1 cm³/mol. The smallest absolute Gasteiger partial charge is 0.340 e. The second kappa shape index (κ2) is 4.20. The highest BCUT2D eigenvalue weighted by Crippen LogP contribution is 2.27. The lowest BCUT2D eigenvalue weighted by Gasteiger charge is -2.08. The minimum atomic E-state index is -1.10. The number of ether oxygens (including phenoxy) is 1. The lowest BCUT2D eigenvalue weighted by Crippen LogP contribution is -2.04. The van der Waals surface area contributed by atoms with Gasteiger partial charge in [0.05, 0.1) is 0 Å². The van der Waals surface area contributed by atoms with Crippen LogP contribution in [0.5, 0.6) is 5.75 Å². The van der Waals surface area contributed by atoms with Gasteiger partial charge in [-0.1, -0.05) is 30.3 Å². The molecule has 0 saturated carbocycles. The first-order valence-electron chi connectivity index (χ1n) is 4.70. The third-order valence-electron chi connectivity index (χ3n) is 2.32. The number of carboxylic acids is 1. The van der Waals surface area contributed by atoms with Crippen LogP contribution in [-0.4, -0.2) is 17.9 Å². The van der Waals surface area contributed by atoms with Crippen LogP contribution in [0.3, 0.4) is 0 Å². The molecule has 81 valence electrons. The second-order valence-corrected chi connectivity index (χ2v) is 3.23. The van der Waals surface area contributed by atoms with Gasteiger partial charge >= 0.3 is 5.97 Å². The first-order valence-corrected chi connectivity index (χ1v) is 4.70. The number of rotatable bonds is 3. The molecule has 16 heavy (non-hydrogen) atoms. The number of fused-ring (bicyclic) bond motifs is 1. The van der Waals surface area contributed by atoms with Crippen LogP contribution in [0.4, 0.5) is 0 Å².